The minimum Gasteiger partial charge on any atom is -0.355 e. The average molecular weight is 333 g/mol. The molecule has 0 aliphatic carbocycles. The lowest BCUT2D eigenvalue weighted by Gasteiger charge is -1.92. The van der Waals surface area contributed by atoms with E-state index in [0.717, 1.165) is 22.6 Å². The first-order chi connectivity index (χ1) is 11.0. The number of aryl methyl sites for hydroxylation is 2. The fraction of sp³-hybridized carbons (Fsp3) is 0.143. The van der Waals surface area contributed by atoms with Crippen molar-refractivity contribution in [2.75, 3.05) is 0 Å². The van der Waals surface area contributed by atoms with Gasteiger partial charge < -0.3 is 4.52 Å². The van der Waals surface area contributed by atoms with Gasteiger partial charge in [-0.05, 0) is 19.1 Å². The second-order valence-corrected chi connectivity index (χ2v) is 5.78. The molecule has 3 rings (SSSR count). The van der Waals surface area contributed by atoms with Crippen LogP contribution in [0.5, 0.6) is 0 Å². The first-order valence-corrected chi connectivity index (χ1v) is 7.40. The molecule has 0 unspecified atom stereocenters. The van der Waals surface area contributed by atoms with E-state index >= 15 is 0 Å². The summed E-state index contributed by atoms with van der Waals surface area (Å²) >= 11 is 0.930. The molecule has 0 aliphatic rings. The molecule has 0 aromatic carbocycles. The lowest BCUT2D eigenvalue weighted by Crippen LogP contribution is -2.17. The smallest absolute Gasteiger partial charge is 0.293 e. The number of thiophene rings is 1. The third-order valence-corrected chi connectivity index (χ3v) is 3.78. The Morgan fingerprint density at radius 1 is 1.52 bits per heavy atom. The predicted octanol–water partition coefficient (Wildman–Crippen LogP) is 2.35. The van der Waals surface area contributed by atoms with Crippen molar-refractivity contribution in [1.29, 1.82) is 0 Å². The number of carbonyl (C=O) groups is 1. The second-order valence-electron chi connectivity index (χ2n) is 4.72. The first-order valence-electron chi connectivity index (χ1n) is 6.59. The predicted molar refractivity (Wildman–Crippen MR) is 82.8 cm³/mol. The summed E-state index contributed by atoms with van der Waals surface area (Å²) < 4.78 is 19.6. The molecule has 0 bridgehead atoms. The van der Waals surface area contributed by atoms with Crippen LogP contribution in [-0.2, 0) is 7.05 Å². The molecule has 23 heavy (non-hydrogen) atoms. The normalized spacial score (nSPS) is 11.3. The number of nitrogens with one attached hydrogen (secondary N) is 1. The van der Waals surface area contributed by atoms with Crippen LogP contribution in [0.2, 0.25) is 0 Å². The summed E-state index contributed by atoms with van der Waals surface area (Å²) in [5.74, 6) is -0.0696. The Morgan fingerprint density at radius 2 is 2.35 bits per heavy atom. The molecule has 1 amide bonds. The maximum Gasteiger partial charge on any atom is 0.293 e. The van der Waals surface area contributed by atoms with E-state index < -0.39 is 5.91 Å². The maximum atomic E-state index is 12.8. The standard InChI is InChI=1S/C14H12FN5O2S/c1-8-10(7-20(2)18-8)12-5-11(19-22-12)14(21)17-16-6-9-3-4-13(15)23-9/h3-7H,1-2H3,(H,17,21)/b16-6-. The number of amides is 1. The summed E-state index contributed by atoms with van der Waals surface area (Å²) in [5.41, 5.74) is 3.94. The van der Waals surface area contributed by atoms with Crippen LogP contribution >= 0.6 is 11.3 Å². The van der Waals surface area contributed by atoms with Gasteiger partial charge in [-0.25, -0.2) is 5.43 Å². The summed E-state index contributed by atoms with van der Waals surface area (Å²) in [7, 11) is 1.79. The van der Waals surface area contributed by atoms with Gasteiger partial charge in [0.25, 0.3) is 5.91 Å². The summed E-state index contributed by atoms with van der Waals surface area (Å²) in [5, 5.41) is 11.4. The van der Waals surface area contributed by atoms with Crippen LogP contribution in [0.25, 0.3) is 11.3 Å². The highest BCUT2D eigenvalue weighted by atomic mass is 32.1. The number of rotatable bonds is 4. The van der Waals surface area contributed by atoms with Gasteiger partial charge >= 0.3 is 0 Å². The van der Waals surface area contributed by atoms with Crippen LogP contribution in [0.4, 0.5) is 4.39 Å². The number of nitrogens with zero attached hydrogens (tertiary/aromatic N) is 4. The van der Waals surface area contributed by atoms with E-state index in [-0.39, 0.29) is 10.8 Å². The highest BCUT2D eigenvalue weighted by Crippen LogP contribution is 2.22. The highest BCUT2D eigenvalue weighted by Gasteiger charge is 2.16. The van der Waals surface area contributed by atoms with Crippen molar-refractivity contribution in [3.8, 4) is 11.3 Å². The largest absolute Gasteiger partial charge is 0.355 e. The number of carbonyl (C=O) groups excluding carboxylic acids is 1. The molecule has 0 radical (unpaired) electrons. The van der Waals surface area contributed by atoms with Crippen LogP contribution < -0.4 is 5.43 Å². The van der Waals surface area contributed by atoms with Crippen LogP contribution in [0, 0.1) is 12.1 Å². The van der Waals surface area contributed by atoms with E-state index in [2.05, 4.69) is 20.8 Å². The van der Waals surface area contributed by atoms with E-state index in [9.17, 15) is 9.18 Å². The molecule has 3 aromatic heterocycles. The Morgan fingerprint density at radius 3 is 3.00 bits per heavy atom. The molecule has 0 saturated heterocycles. The average Bonchev–Trinajstić information content (AvgIpc) is 3.19. The second kappa shape index (κ2) is 6.13. The Labute approximate surface area is 134 Å². The van der Waals surface area contributed by atoms with Crippen molar-refractivity contribution in [2.24, 2.45) is 12.1 Å². The minimum absolute atomic E-state index is 0.0952. The number of hydrogen-bond donors (Lipinski definition) is 1. The number of hydrazone groups is 1. The highest BCUT2D eigenvalue weighted by molar-refractivity contribution is 7.12. The number of aromatic nitrogens is 3. The van der Waals surface area contributed by atoms with Crippen molar-refractivity contribution in [1.82, 2.24) is 20.4 Å². The third-order valence-electron chi connectivity index (χ3n) is 2.97. The molecule has 3 aromatic rings. The van der Waals surface area contributed by atoms with Crippen LogP contribution in [0.1, 0.15) is 21.1 Å². The molecule has 7 nitrogen and oxygen atoms in total. The molecular formula is C14H12FN5O2S. The maximum absolute atomic E-state index is 12.8. The van der Waals surface area contributed by atoms with Crippen molar-refractivity contribution >= 4 is 23.5 Å². The molecule has 0 saturated carbocycles. The van der Waals surface area contributed by atoms with Crippen molar-refractivity contribution in [3.63, 3.8) is 0 Å². The van der Waals surface area contributed by atoms with Crippen LogP contribution in [0.15, 0.2) is 34.0 Å². The molecule has 118 valence electrons. The first kappa shape index (κ1) is 15.1. The summed E-state index contributed by atoms with van der Waals surface area (Å²) in [6, 6.07) is 4.41. The Kier molecular flexibility index (Phi) is 4.02. The van der Waals surface area contributed by atoms with E-state index in [1.807, 2.05) is 6.92 Å². The fourth-order valence-corrected chi connectivity index (χ4v) is 2.56. The Balaban J connectivity index is 1.69. The van der Waals surface area contributed by atoms with E-state index in [1.165, 1.54) is 18.3 Å². The van der Waals surface area contributed by atoms with Gasteiger partial charge in [-0.2, -0.15) is 14.6 Å². The SMILES string of the molecule is Cc1nn(C)cc1-c1cc(C(=O)N/N=C\c2ccc(F)s2)no1. The van der Waals surface area contributed by atoms with Gasteiger partial charge in [0.1, 0.15) is 0 Å². The van der Waals surface area contributed by atoms with Crippen LogP contribution in [0.3, 0.4) is 0 Å². The van der Waals surface area contributed by atoms with E-state index in [4.69, 9.17) is 4.52 Å². The number of hydrogen-bond acceptors (Lipinski definition) is 6. The molecule has 9 heteroatoms. The Bertz CT molecular complexity index is 880. The number of halogens is 1. The Hall–Kier alpha value is -2.81. The third kappa shape index (κ3) is 3.34. The lowest BCUT2D eigenvalue weighted by molar-refractivity contribution is 0.0946. The lowest BCUT2D eigenvalue weighted by atomic mass is 10.2. The quantitative estimate of drug-likeness (QED) is 0.586. The summed E-state index contributed by atoms with van der Waals surface area (Å²) in [6.45, 7) is 1.84. The molecule has 3 heterocycles. The molecule has 0 spiro atoms. The van der Waals surface area contributed by atoms with Gasteiger partial charge in [0.15, 0.2) is 16.6 Å². The van der Waals surface area contributed by atoms with Crippen molar-refractivity contribution < 1.29 is 13.7 Å². The van der Waals surface area contributed by atoms with Gasteiger partial charge in [-0.15, -0.1) is 11.3 Å². The fourth-order valence-electron chi connectivity index (χ4n) is 1.96. The molecular weight excluding hydrogens is 321 g/mol. The monoisotopic (exact) mass is 333 g/mol. The van der Waals surface area contributed by atoms with Gasteiger partial charge in [-0.1, -0.05) is 5.16 Å². The van der Waals surface area contributed by atoms with E-state index in [1.54, 1.807) is 24.0 Å². The van der Waals surface area contributed by atoms with Gasteiger partial charge in [-0.3, -0.25) is 9.48 Å². The summed E-state index contributed by atoms with van der Waals surface area (Å²) in [4.78, 5) is 12.5. The molecule has 1 N–H and O–H groups in total. The zero-order chi connectivity index (χ0) is 16.4. The van der Waals surface area contributed by atoms with Gasteiger partial charge in [0.2, 0.25) is 0 Å². The molecule has 0 fully saturated rings. The summed E-state index contributed by atoms with van der Waals surface area (Å²) in [6.07, 6.45) is 3.14. The molecule has 0 atom stereocenters. The zero-order valence-corrected chi connectivity index (χ0v) is 13.1. The van der Waals surface area contributed by atoms with Gasteiger partial charge in [0.05, 0.1) is 22.3 Å². The van der Waals surface area contributed by atoms with Crippen LogP contribution in [-0.4, -0.2) is 27.1 Å². The molecule has 0 aliphatic heterocycles. The van der Waals surface area contributed by atoms with Crippen molar-refractivity contribution in [2.45, 2.75) is 6.92 Å². The van der Waals surface area contributed by atoms with E-state index in [0.29, 0.717) is 10.6 Å². The zero-order valence-electron chi connectivity index (χ0n) is 12.3. The van der Waals surface area contributed by atoms with Gasteiger partial charge in [0, 0.05) is 19.3 Å². The van der Waals surface area contributed by atoms with Crippen molar-refractivity contribution in [3.05, 3.63) is 45.8 Å². The topological polar surface area (TPSA) is 85.3 Å². The minimum atomic E-state index is -0.519.